The molecule has 0 aromatic heterocycles. The summed E-state index contributed by atoms with van der Waals surface area (Å²) in [5.41, 5.74) is 5.59. The zero-order valence-corrected chi connectivity index (χ0v) is 11.8. The van der Waals surface area contributed by atoms with E-state index >= 15 is 0 Å². The van der Waals surface area contributed by atoms with E-state index in [1.165, 1.54) is 16.4 Å². The van der Waals surface area contributed by atoms with E-state index in [1.54, 1.807) is 6.92 Å². The molecule has 0 aliphatic carbocycles. The van der Waals surface area contributed by atoms with Crippen LogP contribution < -0.4 is 5.73 Å². The number of carboxylic acids is 1. The Kier molecular flexibility index (Phi) is 3.98. The molecular formula is C12H16N2O5S. The summed E-state index contributed by atoms with van der Waals surface area (Å²) in [6, 6.07) is 3.33. The molecule has 0 amide bonds. The zero-order chi connectivity index (χ0) is 14.9. The van der Waals surface area contributed by atoms with Gasteiger partial charge in [-0.1, -0.05) is 0 Å². The van der Waals surface area contributed by atoms with Crippen LogP contribution in [-0.4, -0.2) is 49.6 Å². The van der Waals surface area contributed by atoms with E-state index < -0.39 is 16.0 Å². The van der Waals surface area contributed by atoms with Crippen molar-refractivity contribution in [3.8, 4) is 0 Å². The average Bonchev–Trinajstić information content (AvgIpc) is 2.38. The van der Waals surface area contributed by atoms with Gasteiger partial charge in [-0.25, -0.2) is 13.2 Å². The second kappa shape index (κ2) is 5.39. The summed E-state index contributed by atoms with van der Waals surface area (Å²) < 4.78 is 31.6. The fourth-order valence-electron chi connectivity index (χ4n) is 2.11. The van der Waals surface area contributed by atoms with Crippen molar-refractivity contribution in [2.75, 3.05) is 25.5 Å². The van der Waals surface area contributed by atoms with Gasteiger partial charge in [0, 0.05) is 12.6 Å². The minimum atomic E-state index is -3.75. The van der Waals surface area contributed by atoms with Gasteiger partial charge < -0.3 is 15.6 Å². The molecule has 110 valence electrons. The zero-order valence-electron chi connectivity index (χ0n) is 10.9. The molecule has 3 N–H and O–H groups in total. The maximum Gasteiger partial charge on any atom is 0.335 e. The predicted octanol–water partition coefficient (Wildman–Crippen LogP) is 0.376. The first-order valence-electron chi connectivity index (χ1n) is 6.06. The Morgan fingerprint density at radius 1 is 1.50 bits per heavy atom. The first kappa shape index (κ1) is 14.8. The summed E-state index contributed by atoms with van der Waals surface area (Å²) in [6.07, 6.45) is 0. The maximum absolute atomic E-state index is 12.5. The normalized spacial score (nSPS) is 20.8. The summed E-state index contributed by atoms with van der Waals surface area (Å²) in [5, 5.41) is 8.86. The molecule has 1 aliphatic heterocycles. The van der Waals surface area contributed by atoms with Crippen LogP contribution >= 0.6 is 0 Å². The van der Waals surface area contributed by atoms with E-state index in [0.29, 0.717) is 13.2 Å². The molecule has 0 bridgehead atoms. The molecule has 1 saturated heterocycles. The number of hydrogen-bond acceptors (Lipinski definition) is 5. The molecular weight excluding hydrogens is 284 g/mol. The first-order chi connectivity index (χ1) is 9.34. The second-order valence-electron chi connectivity index (χ2n) is 4.60. The van der Waals surface area contributed by atoms with E-state index in [0.717, 1.165) is 6.07 Å². The number of hydrogen-bond donors (Lipinski definition) is 2. The topological polar surface area (TPSA) is 110 Å². The largest absolute Gasteiger partial charge is 0.478 e. The molecule has 1 fully saturated rings. The number of sulfonamides is 1. The molecule has 0 spiro atoms. The second-order valence-corrected chi connectivity index (χ2v) is 6.46. The van der Waals surface area contributed by atoms with Crippen molar-refractivity contribution in [1.29, 1.82) is 0 Å². The lowest BCUT2D eigenvalue weighted by molar-refractivity contribution is 0.0393. The van der Waals surface area contributed by atoms with Crippen LogP contribution in [0.4, 0.5) is 5.69 Å². The van der Waals surface area contributed by atoms with Gasteiger partial charge in [0.15, 0.2) is 0 Å². The fraction of sp³-hybridized carbons (Fsp3) is 0.417. The Morgan fingerprint density at radius 3 is 2.75 bits per heavy atom. The van der Waals surface area contributed by atoms with Crippen LogP contribution in [0.25, 0.3) is 0 Å². The minimum Gasteiger partial charge on any atom is -0.478 e. The molecule has 1 unspecified atom stereocenters. The van der Waals surface area contributed by atoms with Crippen molar-refractivity contribution in [2.24, 2.45) is 0 Å². The van der Waals surface area contributed by atoms with E-state index in [9.17, 15) is 13.2 Å². The number of carbonyl (C=O) groups is 1. The smallest absolute Gasteiger partial charge is 0.335 e. The van der Waals surface area contributed by atoms with Gasteiger partial charge in [0.2, 0.25) is 10.0 Å². The van der Waals surface area contributed by atoms with Crippen LogP contribution in [0, 0.1) is 0 Å². The summed E-state index contributed by atoms with van der Waals surface area (Å²) in [4.78, 5) is 10.8. The molecule has 1 atom stereocenters. The van der Waals surface area contributed by atoms with Crippen molar-refractivity contribution < 1.29 is 23.1 Å². The number of nitrogens with two attached hydrogens (primary N) is 1. The van der Waals surface area contributed by atoms with E-state index in [2.05, 4.69) is 0 Å². The van der Waals surface area contributed by atoms with Crippen LogP contribution in [-0.2, 0) is 14.8 Å². The van der Waals surface area contributed by atoms with Crippen LogP contribution in [0.5, 0.6) is 0 Å². The van der Waals surface area contributed by atoms with Crippen molar-refractivity contribution >= 4 is 21.7 Å². The fourth-order valence-corrected chi connectivity index (χ4v) is 3.81. The maximum atomic E-state index is 12.5. The lowest BCUT2D eigenvalue weighted by Gasteiger charge is -2.32. The van der Waals surface area contributed by atoms with E-state index in [4.69, 9.17) is 15.6 Å². The molecule has 7 nitrogen and oxygen atoms in total. The molecule has 0 saturated carbocycles. The number of anilines is 1. The van der Waals surface area contributed by atoms with Gasteiger partial charge in [0.25, 0.3) is 0 Å². The Morgan fingerprint density at radius 2 is 2.20 bits per heavy atom. The summed E-state index contributed by atoms with van der Waals surface area (Å²) in [5.74, 6) is -1.15. The van der Waals surface area contributed by atoms with Crippen LogP contribution in [0.3, 0.4) is 0 Å². The van der Waals surface area contributed by atoms with Crippen molar-refractivity contribution in [3.05, 3.63) is 23.8 Å². The van der Waals surface area contributed by atoms with E-state index in [1.807, 2.05) is 0 Å². The number of nitrogens with zero attached hydrogens (tertiary/aromatic N) is 1. The van der Waals surface area contributed by atoms with Crippen LogP contribution in [0.15, 0.2) is 23.1 Å². The van der Waals surface area contributed by atoms with Crippen molar-refractivity contribution in [1.82, 2.24) is 4.31 Å². The van der Waals surface area contributed by atoms with Gasteiger partial charge in [-0.05, 0) is 25.1 Å². The first-order valence-corrected chi connectivity index (χ1v) is 7.50. The van der Waals surface area contributed by atoms with Crippen LogP contribution in [0.1, 0.15) is 17.3 Å². The van der Waals surface area contributed by atoms with Gasteiger partial charge in [0.05, 0.1) is 24.5 Å². The summed E-state index contributed by atoms with van der Waals surface area (Å²) in [6.45, 7) is 2.66. The number of benzene rings is 1. The highest BCUT2D eigenvalue weighted by molar-refractivity contribution is 7.89. The van der Waals surface area contributed by atoms with E-state index in [-0.39, 0.29) is 28.7 Å². The lowest BCUT2D eigenvalue weighted by Crippen LogP contribution is -2.47. The third-order valence-corrected chi connectivity index (χ3v) is 5.24. The highest BCUT2D eigenvalue weighted by Gasteiger charge is 2.32. The Hall–Kier alpha value is -1.64. The molecule has 0 radical (unpaired) electrons. The standard InChI is InChI=1S/C12H16N2O5S/c1-8-7-19-5-4-14(8)20(17,18)11-3-2-9(12(15)16)6-10(11)13/h2-3,6,8H,4-5,7,13H2,1H3,(H,15,16). The lowest BCUT2D eigenvalue weighted by atomic mass is 10.2. The SMILES string of the molecule is CC1COCCN1S(=O)(=O)c1ccc(C(=O)O)cc1N. The number of ether oxygens (including phenoxy) is 1. The van der Waals surface area contributed by atoms with Crippen molar-refractivity contribution in [2.45, 2.75) is 17.9 Å². The quantitative estimate of drug-likeness (QED) is 0.781. The Labute approximate surface area is 117 Å². The number of nitrogen functional groups attached to an aromatic ring is 1. The highest BCUT2D eigenvalue weighted by atomic mass is 32.2. The van der Waals surface area contributed by atoms with Gasteiger partial charge in [-0.15, -0.1) is 0 Å². The monoisotopic (exact) mass is 300 g/mol. The van der Waals surface area contributed by atoms with Crippen molar-refractivity contribution in [3.63, 3.8) is 0 Å². The third-order valence-electron chi connectivity index (χ3n) is 3.15. The molecule has 2 rings (SSSR count). The predicted molar refractivity (Wildman–Crippen MR) is 72.0 cm³/mol. The average molecular weight is 300 g/mol. The van der Waals surface area contributed by atoms with Gasteiger partial charge in [-0.3, -0.25) is 0 Å². The van der Waals surface area contributed by atoms with Gasteiger partial charge in [0.1, 0.15) is 4.90 Å². The number of carboxylic acid groups (broad SMARTS) is 1. The third kappa shape index (κ3) is 2.62. The highest BCUT2D eigenvalue weighted by Crippen LogP contribution is 2.26. The number of morpholine rings is 1. The van der Waals surface area contributed by atoms with Gasteiger partial charge in [-0.2, -0.15) is 4.31 Å². The van der Waals surface area contributed by atoms with Gasteiger partial charge >= 0.3 is 5.97 Å². The molecule has 1 aliphatic rings. The molecule has 1 aromatic rings. The minimum absolute atomic E-state index is 0.0449. The molecule has 20 heavy (non-hydrogen) atoms. The Balaban J connectivity index is 2.41. The summed E-state index contributed by atoms with van der Waals surface area (Å²) in [7, 11) is -3.75. The molecule has 8 heteroatoms. The Bertz CT molecular complexity index is 629. The van der Waals surface area contributed by atoms with Crippen LogP contribution in [0.2, 0.25) is 0 Å². The molecule has 1 aromatic carbocycles. The number of rotatable bonds is 3. The molecule has 1 heterocycles. The summed E-state index contributed by atoms with van der Waals surface area (Å²) >= 11 is 0. The number of aromatic carboxylic acids is 1.